The van der Waals surface area contributed by atoms with Gasteiger partial charge in [0, 0.05) is 19.1 Å². The molecule has 2 atom stereocenters. The highest BCUT2D eigenvalue weighted by molar-refractivity contribution is 5.85. The van der Waals surface area contributed by atoms with Gasteiger partial charge in [-0.25, -0.2) is 4.79 Å². The number of hydrogen-bond donors (Lipinski definition) is 0. The number of carbonyl (C=O) groups excluding carboxylic acids is 2. The molecule has 0 heterocycles. The predicted octanol–water partition coefficient (Wildman–Crippen LogP) is 2.80. The molecule has 1 fully saturated rings. The van der Waals surface area contributed by atoms with E-state index < -0.39 is 6.04 Å². The van der Waals surface area contributed by atoms with Gasteiger partial charge in [0.25, 0.3) is 0 Å². The third kappa shape index (κ3) is 4.52. The SMILES string of the molecule is CCOC(=O)C(N=Cc1ccccc1)C1CCCC(=O)C1. The van der Waals surface area contributed by atoms with E-state index in [4.69, 9.17) is 4.74 Å². The maximum absolute atomic E-state index is 12.1. The van der Waals surface area contributed by atoms with Gasteiger partial charge < -0.3 is 4.74 Å². The number of ketones is 1. The number of carbonyl (C=O) groups is 2. The molecule has 0 saturated heterocycles. The first-order valence-corrected chi connectivity index (χ1v) is 7.47. The summed E-state index contributed by atoms with van der Waals surface area (Å²) >= 11 is 0. The Morgan fingerprint density at radius 1 is 1.43 bits per heavy atom. The Hall–Kier alpha value is -1.97. The van der Waals surface area contributed by atoms with Gasteiger partial charge in [0.05, 0.1) is 6.61 Å². The second-order valence-corrected chi connectivity index (χ2v) is 5.28. The van der Waals surface area contributed by atoms with Crippen molar-refractivity contribution in [3.05, 3.63) is 35.9 Å². The Labute approximate surface area is 125 Å². The topological polar surface area (TPSA) is 55.7 Å². The van der Waals surface area contributed by atoms with Gasteiger partial charge in [-0.1, -0.05) is 30.3 Å². The van der Waals surface area contributed by atoms with Crippen molar-refractivity contribution in [2.75, 3.05) is 6.61 Å². The second-order valence-electron chi connectivity index (χ2n) is 5.28. The average molecular weight is 287 g/mol. The summed E-state index contributed by atoms with van der Waals surface area (Å²) in [5.41, 5.74) is 0.939. The molecule has 0 N–H and O–H groups in total. The van der Waals surface area contributed by atoms with E-state index >= 15 is 0 Å². The molecule has 1 aromatic rings. The van der Waals surface area contributed by atoms with Crippen LogP contribution < -0.4 is 0 Å². The van der Waals surface area contributed by atoms with Gasteiger partial charge in [0.15, 0.2) is 6.04 Å². The smallest absolute Gasteiger partial charge is 0.331 e. The number of esters is 1. The summed E-state index contributed by atoms with van der Waals surface area (Å²) in [7, 11) is 0. The van der Waals surface area contributed by atoms with E-state index in [9.17, 15) is 9.59 Å². The fourth-order valence-electron chi connectivity index (χ4n) is 2.64. The van der Waals surface area contributed by atoms with Gasteiger partial charge in [-0.2, -0.15) is 0 Å². The summed E-state index contributed by atoms with van der Waals surface area (Å²) < 4.78 is 5.12. The van der Waals surface area contributed by atoms with E-state index in [2.05, 4.69) is 4.99 Å². The number of rotatable bonds is 5. The summed E-state index contributed by atoms with van der Waals surface area (Å²) in [6.07, 6.45) is 4.42. The molecule has 0 bridgehead atoms. The summed E-state index contributed by atoms with van der Waals surface area (Å²) in [5, 5.41) is 0. The molecule has 2 rings (SSSR count). The van der Waals surface area contributed by atoms with Crippen molar-refractivity contribution in [2.45, 2.75) is 38.6 Å². The van der Waals surface area contributed by atoms with E-state index in [0.717, 1.165) is 18.4 Å². The first kappa shape index (κ1) is 15.4. The Bertz CT molecular complexity index is 510. The third-order valence-electron chi connectivity index (χ3n) is 3.68. The van der Waals surface area contributed by atoms with Crippen LogP contribution in [0.5, 0.6) is 0 Å². The number of aliphatic imine (C=N–C) groups is 1. The van der Waals surface area contributed by atoms with Crippen LogP contribution in [0.15, 0.2) is 35.3 Å². The summed E-state index contributed by atoms with van der Waals surface area (Å²) in [4.78, 5) is 28.2. The third-order valence-corrected chi connectivity index (χ3v) is 3.68. The zero-order chi connectivity index (χ0) is 15.1. The molecule has 1 aromatic carbocycles. The molecule has 4 heteroatoms. The molecular weight excluding hydrogens is 266 g/mol. The lowest BCUT2D eigenvalue weighted by Gasteiger charge is -2.25. The molecule has 0 amide bonds. The number of nitrogens with zero attached hydrogens (tertiary/aromatic N) is 1. The molecule has 0 spiro atoms. The highest BCUT2D eigenvalue weighted by Crippen LogP contribution is 2.27. The van der Waals surface area contributed by atoms with Crippen molar-refractivity contribution in [3.63, 3.8) is 0 Å². The summed E-state index contributed by atoms with van der Waals surface area (Å²) in [6, 6.07) is 9.06. The van der Waals surface area contributed by atoms with E-state index in [-0.39, 0.29) is 17.7 Å². The lowest BCUT2D eigenvalue weighted by Crippen LogP contribution is -2.33. The molecule has 1 aliphatic carbocycles. The van der Waals surface area contributed by atoms with Crippen molar-refractivity contribution in [1.29, 1.82) is 0 Å². The minimum Gasteiger partial charge on any atom is -0.464 e. The number of hydrogen-bond acceptors (Lipinski definition) is 4. The Morgan fingerprint density at radius 2 is 2.19 bits per heavy atom. The van der Waals surface area contributed by atoms with Crippen LogP contribution in [0.2, 0.25) is 0 Å². The Kier molecular flexibility index (Phi) is 5.67. The van der Waals surface area contributed by atoms with Crippen molar-refractivity contribution in [3.8, 4) is 0 Å². The summed E-state index contributed by atoms with van der Waals surface area (Å²) in [6.45, 7) is 2.11. The molecule has 0 radical (unpaired) electrons. The maximum atomic E-state index is 12.1. The molecular formula is C17H21NO3. The van der Waals surface area contributed by atoms with E-state index in [1.165, 1.54) is 0 Å². The highest BCUT2D eigenvalue weighted by atomic mass is 16.5. The summed E-state index contributed by atoms with van der Waals surface area (Å²) in [5.74, 6) is -0.148. The Balaban J connectivity index is 2.13. The molecule has 21 heavy (non-hydrogen) atoms. The first-order valence-electron chi connectivity index (χ1n) is 7.47. The van der Waals surface area contributed by atoms with Gasteiger partial charge in [-0.3, -0.25) is 9.79 Å². The number of ether oxygens (including phenoxy) is 1. The van der Waals surface area contributed by atoms with Crippen LogP contribution in [-0.4, -0.2) is 30.6 Å². The predicted molar refractivity (Wildman–Crippen MR) is 81.4 cm³/mol. The van der Waals surface area contributed by atoms with Gasteiger partial charge in [0.2, 0.25) is 0 Å². The number of benzene rings is 1. The minimum atomic E-state index is -0.575. The van der Waals surface area contributed by atoms with Crippen molar-refractivity contribution in [1.82, 2.24) is 0 Å². The number of Topliss-reactive ketones (excluding diaryl/α,β-unsaturated/α-hetero) is 1. The minimum absolute atomic E-state index is 0.0368. The van der Waals surface area contributed by atoms with Crippen molar-refractivity contribution in [2.24, 2.45) is 10.9 Å². The largest absolute Gasteiger partial charge is 0.464 e. The zero-order valence-electron chi connectivity index (χ0n) is 12.3. The standard InChI is InChI=1S/C17H21NO3/c1-2-21-17(20)16(14-9-6-10-15(19)11-14)18-12-13-7-4-3-5-8-13/h3-5,7-8,12,14,16H,2,6,9-11H2,1H3. The van der Waals surface area contributed by atoms with Crippen LogP contribution in [-0.2, 0) is 14.3 Å². The van der Waals surface area contributed by atoms with Gasteiger partial charge >= 0.3 is 5.97 Å². The lowest BCUT2D eigenvalue weighted by atomic mass is 9.83. The molecule has 0 aromatic heterocycles. The van der Waals surface area contributed by atoms with Crippen LogP contribution in [0.1, 0.15) is 38.2 Å². The van der Waals surface area contributed by atoms with Crippen LogP contribution in [0.4, 0.5) is 0 Å². The van der Waals surface area contributed by atoms with Crippen LogP contribution in [0, 0.1) is 5.92 Å². The monoisotopic (exact) mass is 287 g/mol. The van der Waals surface area contributed by atoms with Gasteiger partial charge in [-0.05, 0) is 31.2 Å². The fraction of sp³-hybridized carbons (Fsp3) is 0.471. The van der Waals surface area contributed by atoms with Gasteiger partial charge in [-0.15, -0.1) is 0 Å². The quantitative estimate of drug-likeness (QED) is 0.618. The van der Waals surface area contributed by atoms with E-state index in [1.54, 1.807) is 13.1 Å². The Morgan fingerprint density at radius 3 is 2.86 bits per heavy atom. The zero-order valence-corrected chi connectivity index (χ0v) is 12.3. The van der Waals surface area contributed by atoms with Crippen molar-refractivity contribution < 1.29 is 14.3 Å². The second kappa shape index (κ2) is 7.72. The average Bonchev–Trinajstić information content (AvgIpc) is 2.49. The molecule has 0 aliphatic heterocycles. The molecule has 1 saturated carbocycles. The molecule has 2 unspecified atom stereocenters. The molecule has 4 nitrogen and oxygen atoms in total. The van der Waals surface area contributed by atoms with Crippen LogP contribution in [0.25, 0.3) is 0 Å². The van der Waals surface area contributed by atoms with E-state index in [0.29, 0.717) is 19.4 Å². The first-order chi connectivity index (χ1) is 10.2. The van der Waals surface area contributed by atoms with Crippen molar-refractivity contribution >= 4 is 18.0 Å². The normalized spacial score (nSPS) is 20.4. The lowest BCUT2D eigenvalue weighted by molar-refractivity contribution is -0.146. The fourth-order valence-corrected chi connectivity index (χ4v) is 2.64. The van der Waals surface area contributed by atoms with Gasteiger partial charge in [0.1, 0.15) is 5.78 Å². The maximum Gasteiger partial charge on any atom is 0.331 e. The van der Waals surface area contributed by atoms with Crippen LogP contribution >= 0.6 is 0 Å². The molecule has 1 aliphatic rings. The molecule has 112 valence electrons. The highest BCUT2D eigenvalue weighted by Gasteiger charge is 2.32. The van der Waals surface area contributed by atoms with E-state index in [1.807, 2.05) is 30.3 Å². The van der Waals surface area contributed by atoms with Crippen LogP contribution in [0.3, 0.4) is 0 Å².